The van der Waals surface area contributed by atoms with Crippen molar-refractivity contribution in [2.24, 2.45) is 0 Å². The van der Waals surface area contributed by atoms with Crippen LogP contribution in [0.25, 0.3) is 6.08 Å². The van der Waals surface area contributed by atoms with Gasteiger partial charge in [-0.1, -0.05) is 44.1 Å². The van der Waals surface area contributed by atoms with Gasteiger partial charge in [0.15, 0.2) is 0 Å². The Balaban J connectivity index is 2.49. The monoisotopic (exact) mass is 321 g/mol. The lowest BCUT2D eigenvalue weighted by atomic mass is 9.86. The van der Waals surface area contributed by atoms with Gasteiger partial charge in [-0.3, -0.25) is 0 Å². The topological polar surface area (TPSA) is 82.0 Å². The first-order valence-electron chi connectivity index (χ1n) is 8.21. The van der Waals surface area contributed by atoms with Crippen molar-refractivity contribution in [2.45, 2.75) is 45.2 Å². The molecule has 0 unspecified atom stereocenters. The highest BCUT2D eigenvalue weighted by Crippen LogP contribution is 2.14. The van der Waals surface area contributed by atoms with Crippen LogP contribution < -0.4 is 9.96 Å². The van der Waals surface area contributed by atoms with Gasteiger partial charge in [-0.15, -0.1) is 0 Å². The van der Waals surface area contributed by atoms with Crippen molar-refractivity contribution in [3.8, 4) is 5.75 Å². The summed E-state index contributed by atoms with van der Waals surface area (Å²) < 4.78 is 5.64. The Hall–Kier alpha value is -1.34. The number of aliphatic hydroxyl groups excluding tert-OH is 2. The smallest absolute Gasteiger partial charge is 0.374 e. The third-order valence-corrected chi connectivity index (χ3v) is 3.45. The summed E-state index contributed by atoms with van der Waals surface area (Å²) in [5, 5.41) is 31.2. The second-order valence-electron chi connectivity index (χ2n) is 5.61. The molecule has 5 nitrogen and oxygen atoms in total. The fourth-order valence-corrected chi connectivity index (χ4v) is 2.13. The molecule has 0 aromatic heterocycles. The van der Waals surface area contributed by atoms with E-state index in [0.717, 1.165) is 24.3 Å². The summed E-state index contributed by atoms with van der Waals surface area (Å²) in [6.45, 7) is 4.16. The van der Waals surface area contributed by atoms with Crippen LogP contribution in [0.2, 0.25) is 6.82 Å². The van der Waals surface area contributed by atoms with Crippen LogP contribution >= 0.6 is 0 Å². The molecule has 0 fully saturated rings. The molecule has 0 aliphatic carbocycles. The first-order chi connectivity index (χ1) is 11.1. The quantitative estimate of drug-likeness (QED) is 0.368. The molecule has 128 valence electrons. The van der Waals surface area contributed by atoms with Crippen molar-refractivity contribution < 1.29 is 20.0 Å². The van der Waals surface area contributed by atoms with Crippen molar-refractivity contribution >= 4 is 13.1 Å². The number of unbranched alkanes of at least 4 members (excludes halogenated alkanes) is 2. The van der Waals surface area contributed by atoms with Crippen molar-refractivity contribution in [3.63, 3.8) is 0 Å². The van der Waals surface area contributed by atoms with Crippen LogP contribution in [0.5, 0.6) is 5.75 Å². The van der Waals surface area contributed by atoms with Gasteiger partial charge < -0.3 is 25.2 Å². The summed E-state index contributed by atoms with van der Waals surface area (Å²) >= 11 is 0. The van der Waals surface area contributed by atoms with E-state index in [-0.39, 0.29) is 6.61 Å². The minimum atomic E-state index is -0.889. The molecular formula is C17H28BNO4. The van der Waals surface area contributed by atoms with E-state index in [0.29, 0.717) is 0 Å². The molecule has 1 rings (SSSR count). The highest BCUT2D eigenvalue weighted by molar-refractivity contribution is 6.45. The van der Waals surface area contributed by atoms with Gasteiger partial charge in [0, 0.05) is 0 Å². The normalized spacial score (nSPS) is 14.0. The molecule has 1 aromatic rings. The van der Waals surface area contributed by atoms with E-state index in [1.807, 2.05) is 24.3 Å². The van der Waals surface area contributed by atoms with Gasteiger partial charge in [-0.05, 0) is 30.9 Å². The number of aliphatic hydroxyl groups is 2. The van der Waals surface area contributed by atoms with Crippen LogP contribution in [0.1, 0.15) is 31.7 Å². The summed E-state index contributed by atoms with van der Waals surface area (Å²) in [7, 11) is -0.792. The number of ether oxygens (including phenoxy) is 1. The molecular weight excluding hydrogens is 293 g/mol. The van der Waals surface area contributed by atoms with Crippen molar-refractivity contribution in [1.82, 2.24) is 5.23 Å². The van der Waals surface area contributed by atoms with Crippen molar-refractivity contribution in [3.05, 3.63) is 35.9 Å². The highest BCUT2D eigenvalue weighted by Gasteiger charge is 2.18. The SMILES string of the molecule is CCCCCOc1ccc(C=C[C@H](O)[C@@H](CO)NB(C)O)cc1. The van der Waals surface area contributed by atoms with Crippen LogP contribution in [0.3, 0.4) is 0 Å². The molecule has 4 N–H and O–H groups in total. The van der Waals surface area contributed by atoms with Gasteiger partial charge in [0.05, 0.1) is 25.4 Å². The molecule has 0 aliphatic rings. The Morgan fingerprint density at radius 2 is 1.96 bits per heavy atom. The zero-order valence-electron chi connectivity index (χ0n) is 14.0. The Bertz CT molecular complexity index is 450. The Kier molecular flexibility index (Phi) is 9.63. The maximum Gasteiger partial charge on any atom is 0.374 e. The van der Waals surface area contributed by atoms with E-state index >= 15 is 0 Å². The summed E-state index contributed by atoms with van der Waals surface area (Å²) in [5.74, 6) is 0.836. The minimum Gasteiger partial charge on any atom is -0.494 e. The van der Waals surface area contributed by atoms with Gasteiger partial charge in [-0.2, -0.15) is 0 Å². The third kappa shape index (κ3) is 8.18. The van der Waals surface area contributed by atoms with Crippen LogP contribution in [0.4, 0.5) is 0 Å². The fraction of sp³-hybridized carbons (Fsp3) is 0.529. The standard InChI is InChI=1S/C17H28BNO4/c1-3-4-5-12-23-15-9-6-14(7-10-15)8-11-17(21)16(13-20)19-18(2)22/h6-11,16-17,19-22H,3-5,12-13H2,1-2H3/t16-,17+/m1/s1. The van der Waals surface area contributed by atoms with Gasteiger partial charge in [0.2, 0.25) is 0 Å². The van der Waals surface area contributed by atoms with Gasteiger partial charge >= 0.3 is 7.05 Å². The number of benzene rings is 1. The molecule has 0 heterocycles. The molecule has 6 heteroatoms. The summed E-state index contributed by atoms with van der Waals surface area (Å²) in [6.07, 6.45) is 5.88. The number of hydrogen-bond donors (Lipinski definition) is 4. The predicted molar refractivity (Wildman–Crippen MR) is 94.3 cm³/mol. The van der Waals surface area contributed by atoms with E-state index < -0.39 is 19.2 Å². The first kappa shape index (κ1) is 19.7. The third-order valence-electron chi connectivity index (χ3n) is 3.45. The molecule has 0 amide bonds. The first-order valence-corrected chi connectivity index (χ1v) is 8.21. The molecule has 23 heavy (non-hydrogen) atoms. The zero-order valence-corrected chi connectivity index (χ0v) is 14.0. The average Bonchev–Trinajstić information content (AvgIpc) is 2.55. The van der Waals surface area contributed by atoms with E-state index in [4.69, 9.17) is 4.74 Å². The highest BCUT2D eigenvalue weighted by atomic mass is 16.5. The van der Waals surface area contributed by atoms with Crippen LogP contribution in [0, 0.1) is 0 Å². The summed E-state index contributed by atoms with van der Waals surface area (Å²) in [5.41, 5.74) is 0.929. The maximum atomic E-state index is 10.00. The Morgan fingerprint density at radius 3 is 2.52 bits per heavy atom. The predicted octanol–water partition coefficient (Wildman–Crippen LogP) is 1.69. The minimum absolute atomic E-state index is 0.263. The summed E-state index contributed by atoms with van der Waals surface area (Å²) in [4.78, 5) is 0. The van der Waals surface area contributed by atoms with Crippen LogP contribution in [0.15, 0.2) is 30.3 Å². The average molecular weight is 321 g/mol. The number of rotatable bonds is 11. The zero-order chi connectivity index (χ0) is 17.1. The molecule has 0 radical (unpaired) electrons. The van der Waals surface area contributed by atoms with Gasteiger partial charge in [0.1, 0.15) is 5.75 Å². The molecule has 0 saturated heterocycles. The second-order valence-corrected chi connectivity index (χ2v) is 5.61. The largest absolute Gasteiger partial charge is 0.494 e. The van der Waals surface area contributed by atoms with E-state index in [1.165, 1.54) is 12.8 Å². The van der Waals surface area contributed by atoms with E-state index in [9.17, 15) is 15.2 Å². The van der Waals surface area contributed by atoms with E-state index in [1.54, 1.807) is 19.0 Å². The van der Waals surface area contributed by atoms with Crippen molar-refractivity contribution in [1.29, 1.82) is 0 Å². The van der Waals surface area contributed by atoms with Gasteiger partial charge in [0.25, 0.3) is 0 Å². The van der Waals surface area contributed by atoms with Gasteiger partial charge in [-0.25, -0.2) is 0 Å². The lowest BCUT2D eigenvalue weighted by Gasteiger charge is -2.20. The molecule has 1 aromatic carbocycles. The molecule has 0 aliphatic heterocycles. The Morgan fingerprint density at radius 1 is 1.26 bits per heavy atom. The second kappa shape index (κ2) is 11.2. The lowest BCUT2D eigenvalue weighted by Crippen LogP contribution is -2.48. The van der Waals surface area contributed by atoms with Crippen LogP contribution in [-0.4, -0.2) is 47.6 Å². The molecule has 0 spiro atoms. The van der Waals surface area contributed by atoms with E-state index in [2.05, 4.69) is 12.2 Å². The fourth-order valence-electron chi connectivity index (χ4n) is 2.13. The molecule has 0 saturated carbocycles. The number of hydrogen-bond acceptors (Lipinski definition) is 5. The summed E-state index contributed by atoms with van der Waals surface area (Å²) in [6, 6.07) is 7.01. The van der Waals surface area contributed by atoms with Crippen LogP contribution in [-0.2, 0) is 0 Å². The molecule has 2 atom stereocenters. The van der Waals surface area contributed by atoms with Crippen molar-refractivity contribution in [2.75, 3.05) is 13.2 Å². The maximum absolute atomic E-state index is 10.00. The lowest BCUT2D eigenvalue weighted by molar-refractivity contribution is 0.133. The molecule has 0 bridgehead atoms. The Labute approximate surface area is 139 Å². The number of nitrogens with one attached hydrogen (secondary N) is 1.